The zero-order chi connectivity index (χ0) is 16.6. The van der Waals surface area contributed by atoms with E-state index in [2.05, 4.69) is 44.1 Å². The number of hydrogen-bond donors (Lipinski definition) is 0. The summed E-state index contributed by atoms with van der Waals surface area (Å²) in [5.74, 6) is 2.23. The Hall–Kier alpha value is -1.91. The van der Waals surface area contributed by atoms with Gasteiger partial charge in [-0.05, 0) is 39.3 Å². The molecule has 0 saturated heterocycles. The van der Waals surface area contributed by atoms with E-state index in [-0.39, 0.29) is 0 Å². The molecule has 0 aromatic rings. The molecule has 116 valence electrons. The van der Waals surface area contributed by atoms with E-state index in [0.29, 0.717) is 0 Å². The van der Waals surface area contributed by atoms with Crippen molar-refractivity contribution in [3.8, 4) is 0 Å². The van der Waals surface area contributed by atoms with Crippen LogP contribution in [0.5, 0.6) is 0 Å². The largest absolute Gasteiger partial charge is 0.0991 e. The molecule has 0 N–H and O–H groups in total. The van der Waals surface area contributed by atoms with Crippen molar-refractivity contribution in [3.05, 3.63) is 109 Å². The predicted octanol–water partition coefficient (Wildman–Crippen LogP) is 7.41. The summed E-state index contributed by atoms with van der Waals surface area (Å²) in [6.45, 7) is 14.1. The van der Waals surface area contributed by atoms with E-state index in [1.807, 2.05) is 68.5 Å². The van der Waals surface area contributed by atoms with E-state index in [9.17, 15) is 0 Å². The Morgan fingerprint density at radius 3 is 2.09 bits per heavy atom. The van der Waals surface area contributed by atoms with Crippen molar-refractivity contribution in [2.75, 3.05) is 0 Å². The van der Waals surface area contributed by atoms with Crippen molar-refractivity contribution in [1.29, 1.82) is 0 Å². The van der Waals surface area contributed by atoms with Crippen LogP contribution in [-0.2, 0) is 0 Å². The molecular formula is C21H27P. The van der Waals surface area contributed by atoms with Crippen LogP contribution in [0.15, 0.2) is 109 Å². The van der Waals surface area contributed by atoms with Gasteiger partial charge in [-0.25, -0.2) is 0 Å². The Bertz CT molecular complexity index is 534. The maximum absolute atomic E-state index is 4.22. The van der Waals surface area contributed by atoms with Crippen molar-refractivity contribution < 1.29 is 0 Å². The van der Waals surface area contributed by atoms with Gasteiger partial charge < -0.3 is 0 Å². The van der Waals surface area contributed by atoms with Gasteiger partial charge >= 0.3 is 0 Å². The highest BCUT2D eigenvalue weighted by Crippen LogP contribution is 2.53. The van der Waals surface area contributed by atoms with E-state index >= 15 is 0 Å². The molecule has 0 bridgehead atoms. The highest BCUT2D eigenvalue weighted by atomic mass is 31.1. The number of allylic oxidation sites excluding steroid dienone is 15. The third-order valence-corrected chi connectivity index (χ3v) is 4.77. The van der Waals surface area contributed by atoms with E-state index in [1.54, 1.807) is 6.08 Å². The zero-order valence-corrected chi connectivity index (χ0v) is 14.8. The molecule has 0 spiro atoms. The summed E-state index contributed by atoms with van der Waals surface area (Å²) < 4.78 is 0. The van der Waals surface area contributed by atoms with Crippen LogP contribution in [0, 0.1) is 0 Å². The SMILES string of the molecule is C=C/C=C\C=C(/C)P(/C=C/C=C\C=C/C)C(=C)/C=C\C=C/C. The maximum atomic E-state index is 4.22. The average Bonchev–Trinajstić information content (AvgIpc) is 2.51. The quantitative estimate of drug-likeness (QED) is 0.307. The van der Waals surface area contributed by atoms with E-state index in [0.717, 1.165) is 5.31 Å². The van der Waals surface area contributed by atoms with E-state index in [4.69, 9.17) is 0 Å². The molecule has 0 aromatic heterocycles. The first-order valence-electron chi connectivity index (χ1n) is 7.37. The normalized spacial score (nSPS) is 15.3. The van der Waals surface area contributed by atoms with Crippen LogP contribution < -0.4 is 0 Å². The number of hydrogen-bond acceptors (Lipinski definition) is 0. The third kappa shape index (κ3) is 9.91. The molecule has 1 atom stereocenters. The topological polar surface area (TPSA) is 0 Å². The molecule has 0 aliphatic rings. The minimum absolute atomic E-state index is 0.533. The minimum Gasteiger partial charge on any atom is -0.0991 e. The number of rotatable bonds is 9. The summed E-state index contributed by atoms with van der Waals surface area (Å²) in [7, 11) is -0.533. The molecule has 0 amide bonds. The Morgan fingerprint density at radius 2 is 1.45 bits per heavy atom. The average molecular weight is 310 g/mol. The lowest BCUT2D eigenvalue weighted by Gasteiger charge is -2.14. The summed E-state index contributed by atoms with van der Waals surface area (Å²) in [6, 6.07) is 0. The Kier molecular flexibility index (Phi) is 12.8. The molecule has 0 heterocycles. The third-order valence-electron chi connectivity index (χ3n) is 2.63. The van der Waals surface area contributed by atoms with Crippen LogP contribution in [0.3, 0.4) is 0 Å². The smallest absolute Gasteiger partial charge is 0.0232 e. The molecule has 0 aliphatic heterocycles. The summed E-state index contributed by atoms with van der Waals surface area (Å²) in [5.41, 5.74) is 0. The van der Waals surface area contributed by atoms with Gasteiger partial charge in [0.15, 0.2) is 0 Å². The fourth-order valence-corrected chi connectivity index (χ4v) is 3.17. The van der Waals surface area contributed by atoms with E-state index < -0.39 is 7.92 Å². The predicted molar refractivity (Wildman–Crippen MR) is 106 cm³/mol. The van der Waals surface area contributed by atoms with Crippen LogP contribution in [0.2, 0.25) is 0 Å². The minimum atomic E-state index is -0.533. The van der Waals surface area contributed by atoms with Crippen molar-refractivity contribution >= 4 is 7.92 Å². The summed E-state index contributed by atoms with van der Waals surface area (Å²) in [4.78, 5) is 0. The lowest BCUT2D eigenvalue weighted by Crippen LogP contribution is -1.77. The monoisotopic (exact) mass is 310 g/mol. The van der Waals surface area contributed by atoms with Crippen molar-refractivity contribution in [2.24, 2.45) is 0 Å². The second-order valence-electron chi connectivity index (χ2n) is 4.43. The molecule has 0 saturated carbocycles. The first-order chi connectivity index (χ1) is 10.7. The van der Waals surface area contributed by atoms with Gasteiger partial charge in [0.25, 0.3) is 0 Å². The van der Waals surface area contributed by atoms with Gasteiger partial charge in [-0.15, -0.1) is 0 Å². The first kappa shape index (κ1) is 20.1. The first-order valence-corrected chi connectivity index (χ1v) is 8.78. The molecule has 22 heavy (non-hydrogen) atoms. The van der Waals surface area contributed by atoms with Crippen LogP contribution in [0.4, 0.5) is 0 Å². The van der Waals surface area contributed by atoms with Crippen LogP contribution in [-0.4, -0.2) is 0 Å². The molecule has 1 unspecified atom stereocenters. The molecule has 0 fully saturated rings. The van der Waals surface area contributed by atoms with Gasteiger partial charge in [-0.2, -0.15) is 0 Å². The highest BCUT2D eigenvalue weighted by Gasteiger charge is 2.07. The zero-order valence-electron chi connectivity index (χ0n) is 13.9. The molecule has 0 radical (unpaired) electrons. The fraction of sp³-hybridized carbons (Fsp3) is 0.143. The summed E-state index contributed by atoms with van der Waals surface area (Å²) in [6.07, 6.45) is 26.2. The van der Waals surface area contributed by atoms with Gasteiger partial charge in [0.2, 0.25) is 0 Å². The molecule has 0 aliphatic carbocycles. The lowest BCUT2D eigenvalue weighted by molar-refractivity contribution is 1.64. The standard InChI is InChI=1S/C21H27P/c1-6-9-12-13-16-19-22(20(4)17-14-10-7-2)21(5)18-15-11-8-3/h6-19H,2,5H2,1,3-4H3/b9-6-,11-8-,13-12-,14-10-,18-15-,19-16+,20-17+. The van der Waals surface area contributed by atoms with Crippen molar-refractivity contribution in [2.45, 2.75) is 20.8 Å². The summed E-state index contributed by atoms with van der Waals surface area (Å²) >= 11 is 0. The Labute approximate surface area is 137 Å². The van der Waals surface area contributed by atoms with Gasteiger partial charge in [0.1, 0.15) is 0 Å². The molecule has 0 aromatic carbocycles. The van der Waals surface area contributed by atoms with Crippen LogP contribution in [0.1, 0.15) is 20.8 Å². The van der Waals surface area contributed by atoms with Crippen molar-refractivity contribution in [3.63, 3.8) is 0 Å². The highest BCUT2D eigenvalue weighted by molar-refractivity contribution is 7.69. The second-order valence-corrected chi connectivity index (χ2v) is 6.75. The molecule has 1 heteroatoms. The lowest BCUT2D eigenvalue weighted by atomic mass is 10.4. The maximum Gasteiger partial charge on any atom is -0.0232 e. The van der Waals surface area contributed by atoms with Crippen LogP contribution >= 0.6 is 7.92 Å². The van der Waals surface area contributed by atoms with Crippen LogP contribution in [0.25, 0.3) is 0 Å². The van der Waals surface area contributed by atoms with Gasteiger partial charge in [-0.3, -0.25) is 0 Å². The fourth-order valence-electron chi connectivity index (χ4n) is 1.53. The second kappa shape index (κ2) is 14.0. The molecule has 0 nitrogen and oxygen atoms in total. The summed E-state index contributed by atoms with van der Waals surface area (Å²) in [5, 5.41) is 2.43. The molecular weight excluding hydrogens is 283 g/mol. The Morgan fingerprint density at radius 1 is 0.818 bits per heavy atom. The van der Waals surface area contributed by atoms with E-state index in [1.165, 1.54) is 5.31 Å². The molecule has 0 rings (SSSR count). The Balaban J connectivity index is 5.20. The van der Waals surface area contributed by atoms with Crippen molar-refractivity contribution in [1.82, 2.24) is 0 Å². The van der Waals surface area contributed by atoms with Gasteiger partial charge in [0.05, 0.1) is 0 Å². The van der Waals surface area contributed by atoms with Gasteiger partial charge in [-0.1, -0.05) is 98.0 Å². The van der Waals surface area contributed by atoms with Gasteiger partial charge in [0, 0.05) is 0 Å².